The third kappa shape index (κ3) is 2.25. The van der Waals surface area contributed by atoms with Crippen LogP contribution < -0.4 is 0 Å². The van der Waals surface area contributed by atoms with Crippen LogP contribution in [-0.2, 0) is 15.0 Å². The monoisotopic (exact) mass is 495 g/mol. The highest BCUT2D eigenvalue weighted by Gasteiger charge is 2.88. The number of carbonyl (C=O) groups excluding carboxylic acids is 2. The first-order chi connectivity index (χ1) is 18.5. The molecule has 3 aliphatic rings. The summed E-state index contributed by atoms with van der Waals surface area (Å²) in [5, 5.41) is 2.40. The van der Waals surface area contributed by atoms with E-state index in [0.29, 0.717) is 6.42 Å². The van der Waals surface area contributed by atoms with Crippen LogP contribution in [0.25, 0.3) is 21.8 Å². The van der Waals surface area contributed by atoms with Crippen LogP contribution in [-0.4, -0.2) is 16.1 Å². The van der Waals surface area contributed by atoms with Crippen LogP contribution in [0.4, 0.5) is 0 Å². The molecule has 3 saturated carbocycles. The van der Waals surface area contributed by atoms with Crippen molar-refractivity contribution in [3.8, 4) is 0 Å². The minimum absolute atomic E-state index is 0.0526. The van der Waals surface area contributed by atoms with Crippen LogP contribution in [0.5, 0.6) is 0 Å². The van der Waals surface area contributed by atoms with Crippen LogP contribution in [0, 0.1) is 22.7 Å². The Morgan fingerprint density at radius 2 is 1.11 bits per heavy atom. The zero-order chi connectivity index (χ0) is 25.9. The molecule has 5 atom stereocenters. The highest BCUT2D eigenvalue weighted by Crippen LogP contribution is 2.81. The van der Waals surface area contributed by atoms with Gasteiger partial charge in [-0.3, -0.25) is 9.59 Å². The van der Waals surface area contributed by atoms with Crippen molar-refractivity contribution in [3.05, 3.63) is 120 Å². The molecule has 0 aliphatic heterocycles. The Balaban J connectivity index is 1.34. The average molecular weight is 496 g/mol. The van der Waals surface area contributed by atoms with Crippen molar-refractivity contribution in [2.75, 3.05) is 0 Å². The minimum Gasteiger partial charge on any atom is -0.336 e. The van der Waals surface area contributed by atoms with E-state index in [2.05, 4.69) is 91.2 Å². The van der Waals surface area contributed by atoms with Crippen molar-refractivity contribution < 1.29 is 9.59 Å². The number of carbonyl (C=O) groups is 2. The summed E-state index contributed by atoms with van der Waals surface area (Å²) in [5.41, 5.74) is 2.31. The number of nitrogens with zero attached hydrogens (tertiary/aromatic N) is 1. The molecule has 1 heterocycles. The van der Waals surface area contributed by atoms with Gasteiger partial charge in [0.15, 0.2) is 0 Å². The Morgan fingerprint density at radius 1 is 0.632 bits per heavy atom. The summed E-state index contributed by atoms with van der Waals surface area (Å²) in [6.07, 6.45) is 0.700. The summed E-state index contributed by atoms with van der Waals surface area (Å²) in [6.45, 7) is 4.14. The Bertz CT molecular complexity index is 1690. The van der Waals surface area contributed by atoms with E-state index in [1.54, 1.807) is 0 Å². The van der Waals surface area contributed by atoms with E-state index in [1.165, 1.54) is 10.8 Å². The van der Waals surface area contributed by atoms with E-state index in [-0.39, 0.29) is 29.4 Å². The largest absolute Gasteiger partial charge is 0.336 e. The van der Waals surface area contributed by atoms with Gasteiger partial charge in [0.2, 0.25) is 0 Å². The summed E-state index contributed by atoms with van der Waals surface area (Å²) in [4.78, 5) is 29.4. The quantitative estimate of drug-likeness (QED) is 0.267. The lowest BCUT2D eigenvalue weighted by atomic mass is 9.49. The van der Waals surface area contributed by atoms with E-state index in [1.807, 2.05) is 36.4 Å². The summed E-state index contributed by atoms with van der Waals surface area (Å²) >= 11 is 0. The zero-order valence-electron chi connectivity index (χ0n) is 21.6. The molecular formula is C35H29NO2. The fourth-order valence-corrected chi connectivity index (χ4v) is 8.75. The molecule has 186 valence electrons. The SMILES string of the molecule is C[C@@]12C(=O)[C@H]3C(c4ccccc4)(c4ccccc4)[C@@]3(C)C(=O)[C@@H]1C[C@H]2n1c2ccccc2c2ccccc21. The summed E-state index contributed by atoms with van der Waals surface area (Å²) in [7, 11) is 0. The molecule has 3 heteroatoms. The van der Waals surface area contributed by atoms with Crippen LogP contribution in [0.1, 0.15) is 37.4 Å². The molecule has 5 aromatic rings. The molecule has 0 N–H and O–H groups in total. The molecule has 0 bridgehead atoms. The van der Waals surface area contributed by atoms with Crippen LogP contribution in [0.2, 0.25) is 0 Å². The molecule has 0 amide bonds. The van der Waals surface area contributed by atoms with Gasteiger partial charge in [-0.05, 0) is 36.6 Å². The van der Waals surface area contributed by atoms with Crippen molar-refractivity contribution in [2.24, 2.45) is 22.7 Å². The standard InChI is InChI=1S/C35H29NO2/c1-33-26(21-29(33)36-27-19-11-9-17-24(27)25-18-10-12-20-28(25)36)31(37)34(2)30(32(33)38)35(34,22-13-5-3-6-14-22)23-15-7-4-8-16-23/h3-20,26,29-30H,21H2,1-2H3/t26-,29+,30+,33+,34+/m0/s1. The van der Waals surface area contributed by atoms with E-state index in [0.717, 1.165) is 22.2 Å². The Kier molecular flexibility index (Phi) is 4.12. The molecule has 8 rings (SSSR count). The van der Waals surface area contributed by atoms with Gasteiger partial charge in [-0.2, -0.15) is 0 Å². The van der Waals surface area contributed by atoms with Gasteiger partial charge in [-0.1, -0.05) is 104 Å². The third-order valence-corrected chi connectivity index (χ3v) is 10.6. The molecule has 1 aromatic heterocycles. The van der Waals surface area contributed by atoms with Gasteiger partial charge in [0.1, 0.15) is 11.6 Å². The number of hydrogen-bond acceptors (Lipinski definition) is 2. The van der Waals surface area contributed by atoms with E-state index < -0.39 is 16.2 Å². The topological polar surface area (TPSA) is 39.1 Å². The molecule has 0 spiro atoms. The number of fused-ring (bicyclic) bond motifs is 5. The smallest absolute Gasteiger partial charge is 0.146 e. The molecule has 3 nitrogen and oxygen atoms in total. The summed E-state index contributed by atoms with van der Waals surface area (Å²) in [6, 6.07) is 37.4. The number of rotatable bonds is 3. The number of Topliss-reactive ketones (excluding diaryl/α,β-unsaturated/α-hetero) is 2. The second kappa shape index (κ2) is 7.11. The average Bonchev–Trinajstić information content (AvgIpc) is 3.42. The first kappa shape index (κ1) is 22.0. The molecule has 3 aliphatic carbocycles. The second-order valence-electron chi connectivity index (χ2n) is 11.9. The first-order valence-corrected chi connectivity index (χ1v) is 13.6. The van der Waals surface area contributed by atoms with Crippen molar-refractivity contribution in [1.29, 1.82) is 0 Å². The van der Waals surface area contributed by atoms with Gasteiger partial charge in [-0.25, -0.2) is 0 Å². The molecule has 3 fully saturated rings. The van der Waals surface area contributed by atoms with E-state index in [9.17, 15) is 9.59 Å². The molecule has 0 unspecified atom stereocenters. The molecule has 38 heavy (non-hydrogen) atoms. The number of benzene rings is 4. The summed E-state index contributed by atoms with van der Waals surface area (Å²) in [5.74, 6) is -0.135. The van der Waals surface area contributed by atoms with E-state index >= 15 is 0 Å². The predicted octanol–water partition coefficient (Wildman–Crippen LogP) is 7.14. The maximum atomic E-state index is 14.9. The normalized spacial score (nSPS) is 31.1. The van der Waals surface area contributed by atoms with Gasteiger partial charge < -0.3 is 4.57 Å². The highest BCUT2D eigenvalue weighted by molar-refractivity contribution is 6.14. The summed E-state index contributed by atoms with van der Waals surface area (Å²) < 4.78 is 2.37. The van der Waals surface area contributed by atoms with Gasteiger partial charge in [-0.15, -0.1) is 0 Å². The lowest BCUT2D eigenvalue weighted by Crippen LogP contribution is -2.61. The second-order valence-corrected chi connectivity index (χ2v) is 11.9. The van der Waals surface area contributed by atoms with Crippen LogP contribution in [0.15, 0.2) is 109 Å². The van der Waals surface area contributed by atoms with Crippen molar-refractivity contribution in [2.45, 2.75) is 31.7 Å². The number of ketones is 2. The van der Waals surface area contributed by atoms with Crippen LogP contribution in [0.3, 0.4) is 0 Å². The lowest BCUT2D eigenvalue weighted by molar-refractivity contribution is -0.165. The van der Waals surface area contributed by atoms with Gasteiger partial charge in [0.05, 0.1) is 10.8 Å². The molecule has 4 aromatic carbocycles. The number of para-hydroxylation sites is 2. The van der Waals surface area contributed by atoms with E-state index in [4.69, 9.17) is 0 Å². The Labute approximate surface area is 222 Å². The molecule has 0 saturated heterocycles. The highest BCUT2D eigenvalue weighted by atomic mass is 16.2. The Morgan fingerprint density at radius 3 is 1.63 bits per heavy atom. The Hall–Kier alpha value is -3.98. The minimum atomic E-state index is -0.739. The van der Waals surface area contributed by atoms with Crippen LogP contribution >= 0.6 is 0 Å². The van der Waals surface area contributed by atoms with Gasteiger partial charge in [0, 0.05) is 45.1 Å². The fourth-order valence-electron chi connectivity index (χ4n) is 8.75. The fraction of sp³-hybridized carbons (Fsp3) is 0.257. The van der Waals surface area contributed by atoms with Crippen molar-refractivity contribution in [3.63, 3.8) is 0 Å². The molecular weight excluding hydrogens is 466 g/mol. The number of aromatic nitrogens is 1. The maximum Gasteiger partial charge on any atom is 0.146 e. The first-order valence-electron chi connectivity index (χ1n) is 13.6. The number of hydrogen-bond donors (Lipinski definition) is 0. The van der Waals surface area contributed by atoms with Crippen molar-refractivity contribution in [1.82, 2.24) is 4.57 Å². The zero-order valence-corrected chi connectivity index (χ0v) is 21.6. The maximum absolute atomic E-state index is 14.9. The molecule has 0 radical (unpaired) electrons. The van der Waals surface area contributed by atoms with Gasteiger partial charge >= 0.3 is 0 Å². The van der Waals surface area contributed by atoms with Gasteiger partial charge in [0.25, 0.3) is 0 Å². The predicted molar refractivity (Wildman–Crippen MR) is 150 cm³/mol. The van der Waals surface area contributed by atoms with Crippen molar-refractivity contribution >= 4 is 33.4 Å². The lowest BCUT2D eigenvalue weighted by Gasteiger charge is -2.56. The third-order valence-electron chi connectivity index (χ3n) is 10.6.